The smallest absolute Gasteiger partial charge is 0.213 e. The lowest BCUT2D eigenvalue weighted by Gasteiger charge is -2.16. The molecular formula is C17H20FN3. The summed E-state index contributed by atoms with van der Waals surface area (Å²) in [5.41, 5.74) is 2.94. The van der Waals surface area contributed by atoms with Crippen LogP contribution in [0.4, 0.5) is 4.39 Å². The quantitative estimate of drug-likeness (QED) is 0.683. The average molecular weight is 285 g/mol. The number of aryl methyl sites for hydroxylation is 1. The first-order valence-electron chi connectivity index (χ1n) is 7.34. The van der Waals surface area contributed by atoms with Crippen molar-refractivity contribution in [2.45, 2.75) is 20.4 Å². The molecule has 0 N–H and O–H groups in total. The summed E-state index contributed by atoms with van der Waals surface area (Å²) in [4.78, 5) is 6.27. The highest BCUT2D eigenvalue weighted by Gasteiger charge is 2.14. The molecule has 1 aromatic carbocycles. The van der Waals surface area contributed by atoms with Crippen molar-refractivity contribution in [2.24, 2.45) is 0 Å². The van der Waals surface area contributed by atoms with Crippen molar-refractivity contribution >= 4 is 21.8 Å². The first-order valence-corrected chi connectivity index (χ1v) is 7.34. The number of likely N-dealkylation sites (N-methyl/N-ethyl adjacent to an activating group) is 1. The number of halogens is 1. The summed E-state index contributed by atoms with van der Waals surface area (Å²) >= 11 is 0. The van der Waals surface area contributed by atoms with Gasteiger partial charge in [-0.1, -0.05) is 25.1 Å². The second-order valence-corrected chi connectivity index (χ2v) is 5.49. The van der Waals surface area contributed by atoms with E-state index in [0.29, 0.717) is 0 Å². The maximum absolute atomic E-state index is 13.7. The molecule has 3 nitrogen and oxygen atoms in total. The van der Waals surface area contributed by atoms with Crippen LogP contribution in [0.25, 0.3) is 21.8 Å². The molecule has 0 aliphatic carbocycles. The number of hydrogen-bond donors (Lipinski definition) is 0. The molecule has 3 rings (SSSR count). The van der Waals surface area contributed by atoms with E-state index in [-0.39, 0.29) is 0 Å². The number of benzene rings is 1. The van der Waals surface area contributed by atoms with Crippen molar-refractivity contribution in [3.63, 3.8) is 0 Å². The molecule has 0 aliphatic rings. The van der Waals surface area contributed by atoms with Crippen LogP contribution >= 0.6 is 0 Å². The Morgan fingerprint density at radius 2 is 2.00 bits per heavy atom. The summed E-state index contributed by atoms with van der Waals surface area (Å²) in [5.74, 6) is -0.409. The van der Waals surface area contributed by atoms with Crippen LogP contribution in [0.3, 0.4) is 0 Å². The van der Waals surface area contributed by atoms with E-state index in [1.807, 2.05) is 19.1 Å². The number of nitrogens with zero attached hydrogens (tertiary/aromatic N) is 3. The molecule has 4 heteroatoms. The Morgan fingerprint density at radius 3 is 2.76 bits per heavy atom. The van der Waals surface area contributed by atoms with Crippen molar-refractivity contribution in [3.05, 3.63) is 42.0 Å². The molecule has 3 aromatic rings. The van der Waals surface area contributed by atoms with Gasteiger partial charge in [0.15, 0.2) is 0 Å². The van der Waals surface area contributed by atoms with Crippen molar-refractivity contribution in [2.75, 3.05) is 20.1 Å². The predicted molar refractivity (Wildman–Crippen MR) is 85.1 cm³/mol. The lowest BCUT2D eigenvalue weighted by molar-refractivity contribution is 0.339. The van der Waals surface area contributed by atoms with Crippen LogP contribution in [0.2, 0.25) is 0 Å². The zero-order chi connectivity index (χ0) is 15.0. The number of fused-ring (bicyclic) bond motifs is 3. The average Bonchev–Trinajstić information content (AvgIpc) is 2.79. The number of aromatic nitrogens is 2. The van der Waals surface area contributed by atoms with Crippen molar-refractivity contribution < 1.29 is 4.39 Å². The summed E-state index contributed by atoms with van der Waals surface area (Å²) in [6, 6.07) is 9.72. The Balaban J connectivity index is 2.24. The monoisotopic (exact) mass is 285 g/mol. The fourth-order valence-corrected chi connectivity index (χ4v) is 2.89. The Labute approximate surface area is 124 Å². The van der Waals surface area contributed by atoms with Crippen LogP contribution in [0.5, 0.6) is 0 Å². The molecule has 2 aromatic heterocycles. The zero-order valence-electron chi connectivity index (χ0n) is 12.7. The minimum Gasteiger partial charge on any atom is -0.338 e. The van der Waals surface area contributed by atoms with Gasteiger partial charge in [0, 0.05) is 35.4 Å². The van der Waals surface area contributed by atoms with E-state index in [1.165, 1.54) is 0 Å². The summed E-state index contributed by atoms with van der Waals surface area (Å²) in [6.07, 6.45) is 0. The second-order valence-electron chi connectivity index (χ2n) is 5.49. The molecule has 0 radical (unpaired) electrons. The van der Waals surface area contributed by atoms with Crippen LogP contribution in [0, 0.1) is 12.9 Å². The van der Waals surface area contributed by atoms with Crippen molar-refractivity contribution in [3.8, 4) is 0 Å². The summed E-state index contributed by atoms with van der Waals surface area (Å²) < 4.78 is 15.9. The predicted octanol–water partition coefficient (Wildman–Crippen LogP) is 3.59. The van der Waals surface area contributed by atoms with Gasteiger partial charge in [-0.2, -0.15) is 4.39 Å². The molecular weight excluding hydrogens is 265 g/mol. The summed E-state index contributed by atoms with van der Waals surface area (Å²) in [6.45, 7) is 6.88. The molecule has 0 atom stereocenters. The minimum absolute atomic E-state index is 0.409. The van der Waals surface area contributed by atoms with Crippen LogP contribution in [0.15, 0.2) is 30.3 Å². The summed E-state index contributed by atoms with van der Waals surface area (Å²) in [5, 5.41) is 2.05. The van der Waals surface area contributed by atoms with E-state index in [9.17, 15) is 4.39 Å². The lowest BCUT2D eigenvalue weighted by Crippen LogP contribution is -2.22. The molecule has 0 amide bonds. The van der Waals surface area contributed by atoms with Crippen LogP contribution < -0.4 is 0 Å². The van der Waals surface area contributed by atoms with Crippen LogP contribution in [-0.2, 0) is 6.54 Å². The number of hydrogen-bond acceptors (Lipinski definition) is 2. The Bertz CT molecular complexity index is 791. The van der Waals surface area contributed by atoms with E-state index in [0.717, 1.165) is 47.1 Å². The molecule has 2 heterocycles. The van der Waals surface area contributed by atoms with E-state index < -0.39 is 5.95 Å². The van der Waals surface area contributed by atoms with Gasteiger partial charge in [-0.25, -0.2) is 4.98 Å². The molecule has 0 saturated heterocycles. The Morgan fingerprint density at radius 1 is 1.24 bits per heavy atom. The molecule has 110 valence electrons. The number of rotatable bonds is 4. The Kier molecular flexibility index (Phi) is 3.64. The summed E-state index contributed by atoms with van der Waals surface area (Å²) in [7, 11) is 2.11. The van der Waals surface area contributed by atoms with Gasteiger partial charge in [-0.15, -0.1) is 0 Å². The van der Waals surface area contributed by atoms with Crippen molar-refractivity contribution in [1.29, 1.82) is 0 Å². The molecule has 0 saturated carbocycles. The molecule has 0 fully saturated rings. The highest BCUT2D eigenvalue weighted by atomic mass is 19.1. The Hall–Kier alpha value is -1.94. The third-order valence-electron chi connectivity index (χ3n) is 4.14. The first-order chi connectivity index (χ1) is 10.1. The van der Waals surface area contributed by atoms with Crippen LogP contribution in [-0.4, -0.2) is 34.6 Å². The van der Waals surface area contributed by atoms with E-state index in [4.69, 9.17) is 0 Å². The molecule has 0 unspecified atom stereocenters. The first kappa shape index (κ1) is 14.0. The van der Waals surface area contributed by atoms with Gasteiger partial charge in [0.1, 0.15) is 0 Å². The molecule has 21 heavy (non-hydrogen) atoms. The van der Waals surface area contributed by atoms with Gasteiger partial charge in [-0.05, 0) is 26.6 Å². The van der Waals surface area contributed by atoms with Gasteiger partial charge in [0.05, 0.1) is 11.2 Å². The van der Waals surface area contributed by atoms with Crippen molar-refractivity contribution in [1.82, 2.24) is 14.5 Å². The maximum atomic E-state index is 13.7. The van der Waals surface area contributed by atoms with E-state index in [2.05, 4.69) is 40.6 Å². The minimum atomic E-state index is -0.409. The SMILES string of the molecule is CCN(C)CCn1c2ccccc2c2cc(F)nc(C)c21. The maximum Gasteiger partial charge on any atom is 0.213 e. The molecule has 0 aliphatic heterocycles. The standard InChI is InChI=1S/C17H20FN3/c1-4-20(3)9-10-21-15-8-6-5-7-13(15)14-11-16(18)19-12(2)17(14)21/h5-8,11H,4,9-10H2,1-3H3. The van der Waals surface area contributed by atoms with Gasteiger partial charge in [-0.3, -0.25) is 0 Å². The highest BCUT2D eigenvalue weighted by Crippen LogP contribution is 2.30. The highest BCUT2D eigenvalue weighted by molar-refractivity contribution is 6.08. The number of pyridine rings is 1. The molecule has 0 bridgehead atoms. The van der Waals surface area contributed by atoms with Gasteiger partial charge in [0.2, 0.25) is 5.95 Å². The van der Waals surface area contributed by atoms with Crippen LogP contribution in [0.1, 0.15) is 12.6 Å². The van der Waals surface area contributed by atoms with E-state index >= 15 is 0 Å². The second kappa shape index (κ2) is 5.45. The zero-order valence-corrected chi connectivity index (χ0v) is 12.7. The fourth-order valence-electron chi connectivity index (χ4n) is 2.89. The fraction of sp³-hybridized carbons (Fsp3) is 0.353. The topological polar surface area (TPSA) is 21.1 Å². The normalized spacial score (nSPS) is 11.9. The third-order valence-corrected chi connectivity index (χ3v) is 4.14. The largest absolute Gasteiger partial charge is 0.338 e. The third kappa shape index (κ3) is 2.40. The lowest BCUT2D eigenvalue weighted by atomic mass is 10.2. The number of para-hydroxylation sites is 1. The van der Waals surface area contributed by atoms with Gasteiger partial charge < -0.3 is 9.47 Å². The van der Waals surface area contributed by atoms with E-state index in [1.54, 1.807) is 6.07 Å². The van der Waals surface area contributed by atoms with Gasteiger partial charge in [0.25, 0.3) is 0 Å². The molecule has 0 spiro atoms. The van der Waals surface area contributed by atoms with Gasteiger partial charge >= 0.3 is 0 Å².